The molecule has 1 unspecified atom stereocenters. The lowest BCUT2D eigenvalue weighted by Crippen LogP contribution is -2.41. The first-order valence-electron chi connectivity index (χ1n) is 6.48. The largest absolute Gasteiger partial charge is 0.316 e. The molecule has 3 nitrogen and oxygen atoms in total. The lowest BCUT2D eigenvalue weighted by Gasteiger charge is -2.33. The minimum atomic E-state index is 0.169. The molecule has 0 radical (unpaired) electrons. The van der Waals surface area contributed by atoms with E-state index >= 15 is 0 Å². The molecule has 18 heavy (non-hydrogen) atoms. The van der Waals surface area contributed by atoms with Crippen LogP contribution in [0.2, 0.25) is 0 Å². The van der Waals surface area contributed by atoms with Crippen LogP contribution in [0.3, 0.4) is 0 Å². The monoisotopic (exact) mass is 262 g/mol. The highest BCUT2D eigenvalue weighted by Gasteiger charge is 2.28. The van der Waals surface area contributed by atoms with Gasteiger partial charge in [-0.25, -0.2) is 0 Å². The maximum absolute atomic E-state index is 12.3. The van der Waals surface area contributed by atoms with Crippen LogP contribution in [-0.4, -0.2) is 17.0 Å². The van der Waals surface area contributed by atoms with Gasteiger partial charge in [-0.2, -0.15) is 0 Å². The second-order valence-electron chi connectivity index (χ2n) is 5.52. The molecule has 3 rings (SSSR count). The Labute approximate surface area is 111 Å². The van der Waals surface area contributed by atoms with Crippen LogP contribution in [0.1, 0.15) is 19.8 Å². The molecule has 1 N–H and O–H groups in total. The Morgan fingerprint density at radius 3 is 3.00 bits per heavy atom. The first-order chi connectivity index (χ1) is 8.68. The quantitative estimate of drug-likeness (QED) is 0.902. The van der Waals surface area contributed by atoms with Gasteiger partial charge in [-0.15, -0.1) is 0 Å². The summed E-state index contributed by atoms with van der Waals surface area (Å²) < 4.78 is 3.02. The zero-order valence-electron chi connectivity index (χ0n) is 10.6. The van der Waals surface area contributed by atoms with Gasteiger partial charge in [0.25, 0.3) is 5.56 Å². The third-order valence-electron chi connectivity index (χ3n) is 3.76. The van der Waals surface area contributed by atoms with Gasteiger partial charge in [-0.3, -0.25) is 8.75 Å². The van der Waals surface area contributed by atoms with Gasteiger partial charge >= 0.3 is 0 Å². The summed E-state index contributed by atoms with van der Waals surface area (Å²) in [6, 6.07) is 7.88. The average molecular weight is 262 g/mol. The SMILES string of the molecule is CC1(Cn2sc3ccccc3c2=O)CCCNC1. The fourth-order valence-corrected chi connectivity index (χ4v) is 3.91. The van der Waals surface area contributed by atoms with Crippen molar-refractivity contribution in [1.82, 2.24) is 9.27 Å². The maximum Gasteiger partial charge on any atom is 0.268 e. The van der Waals surface area contributed by atoms with E-state index in [9.17, 15) is 4.79 Å². The molecule has 0 aliphatic carbocycles. The fraction of sp³-hybridized carbons (Fsp3) is 0.500. The molecule has 2 aromatic rings. The summed E-state index contributed by atoms with van der Waals surface area (Å²) in [5, 5.41) is 4.29. The minimum Gasteiger partial charge on any atom is -0.316 e. The Bertz CT molecular complexity index is 608. The van der Waals surface area contributed by atoms with E-state index in [-0.39, 0.29) is 11.0 Å². The van der Waals surface area contributed by atoms with Crippen LogP contribution < -0.4 is 10.9 Å². The summed E-state index contributed by atoms with van der Waals surface area (Å²) in [6.45, 7) is 5.22. The molecule has 1 saturated heterocycles. The Balaban J connectivity index is 1.95. The molecule has 96 valence electrons. The van der Waals surface area contributed by atoms with Crippen molar-refractivity contribution in [3.63, 3.8) is 0 Å². The van der Waals surface area contributed by atoms with Crippen LogP contribution in [0.5, 0.6) is 0 Å². The molecular weight excluding hydrogens is 244 g/mol. The Kier molecular flexibility index (Phi) is 2.99. The van der Waals surface area contributed by atoms with Crippen molar-refractivity contribution >= 4 is 21.6 Å². The Morgan fingerprint density at radius 2 is 2.28 bits per heavy atom. The molecule has 4 heteroatoms. The smallest absolute Gasteiger partial charge is 0.268 e. The minimum absolute atomic E-state index is 0.169. The fourth-order valence-electron chi connectivity index (χ4n) is 2.72. The standard InChI is InChI=1S/C14H18N2OS/c1-14(7-4-8-15-9-14)10-16-13(17)11-5-2-3-6-12(11)18-16/h2-3,5-6,15H,4,7-10H2,1H3. The van der Waals surface area contributed by atoms with Gasteiger partial charge in [0, 0.05) is 13.1 Å². The van der Waals surface area contributed by atoms with E-state index < -0.39 is 0 Å². The number of rotatable bonds is 2. The first kappa shape index (κ1) is 11.9. The maximum atomic E-state index is 12.3. The molecule has 2 heterocycles. The number of hydrogen-bond acceptors (Lipinski definition) is 3. The van der Waals surface area contributed by atoms with E-state index in [0.717, 1.165) is 29.7 Å². The van der Waals surface area contributed by atoms with Crippen molar-refractivity contribution in [2.24, 2.45) is 5.41 Å². The van der Waals surface area contributed by atoms with Gasteiger partial charge in [-0.05, 0) is 36.9 Å². The van der Waals surface area contributed by atoms with Crippen molar-refractivity contribution in [1.29, 1.82) is 0 Å². The second kappa shape index (κ2) is 4.52. The molecular formula is C14H18N2OS. The van der Waals surface area contributed by atoms with E-state index in [1.165, 1.54) is 12.8 Å². The van der Waals surface area contributed by atoms with Crippen molar-refractivity contribution in [3.05, 3.63) is 34.6 Å². The van der Waals surface area contributed by atoms with E-state index in [0.29, 0.717) is 0 Å². The highest BCUT2D eigenvalue weighted by molar-refractivity contribution is 7.13. The molecule has 0 saturated carbocycles. The topological polar surface area (TPSA) is 34.0 Å². The number of piperidine rings is 1. The first-order valence-corrected chi connectivity index (χ1v) is 7.25. The number of hydrogen-bond donors (Lipinski definition) is 1. The zero-order chi connectivity index (χ0) is 12.6. The Hall–Kier alpha value is -1.13. The van der Waals surface area contributed by atoms with Crippen LogP contribution in [0.4, 0.5) is 0 Å². The number of aromatic nitrogens is 1. The zero-order valence-corrected chi connectivity index (χ0v) is 11.4. The third kappa shape index (κ3) is 2.10. The average Bonchev–Trinajstić information content (AvgIpc) is 2.67. The second-order valence-corrected chi connectivity index (χ2v) is 6.58. The van der Waals surface area contributed by atoms with Gasteiger partial charge in [0.05, 0.1) is 10.1 Å². The molecule has 0 bridgehead atoms. The molecule has 0 amide bonds. The summed E-state index contributed by atoms with van der Waals surface area (Å²) in [6.07, 6.45) is 2.40. The van der Waals surface area contributed by atoms with Crippen molar-refractivity contribution in [2.75, 3.05) is 13.1 Å². The van der Waals surface area contributed by atoms with E-state index in [4.69, 9.17) is 0 Å². The molecule has 1 fully saturated rings. The van der Waals surface area contributed by atoms with E-state index in [1.807, 2.05) is 28.2 Å². The van der Waals surface area contributed by atoms with Crippen molar-refractivity contribution in [2.45, 2.75) is 26.3 Å². The molecule has 0 spiro atoms. The molecule has 1 aromatic carbocycles. The highest BCUT2D eigenvalue weighted by Crippen LogP contribution is 2.28. The summed E-state index contributed by atoms with van der Waals surface area (Å²) in [5.41, 5.74) is 0.380. The summed E-state index contributed by atoms with van der Waals surface area (Å²) >= 11 is 1.59. The number of nitrogens with zero attached hydrogens (tertiary/aromatic N) is 1. The predicted molar refractivity (Wildman–Crippen MR) is 76.3 cm³/mol. The molecule has 1 aliphatic rings. The molecule has 1 atom stereocenters. The van der Waals surface area contributed by atoms with Crippen LogP contribution in [0.25, 0.3) is 10.1 Å². The van der Waals surface area contributed by atoms with Gasteiger partial charge in [0.15, 0.2) is 0 Å². The van der Waals surface area contributed by atoms with Crippen LogP contribution >= 0.6 is 11.5 Å². The van der Waals surface area contributed by atoms with Gasteiger partial charge in [0.1, 0.15) is 0 Å². The molecule has 1 aliphatic heterocycles. The van der Waals surface area contributed by atoms with Gasteiger partial charge in [-0.1, -0.05) is 30.6 Å². The van der Waals surface area contributed by atoms with Gasteiger partial charge < -0.3 is 5.32 Å². The number of nitrogens with one attached hydrogen (secondary N) is 1. The highest BCUT2D eigenvalue weighted by atomic mass is 32.1. The Morgan fingerprint density at radius 1 is 1.44 bits per heavy atom. The molecule has 1 aromatic heterocycles. The summed E-state index contributed by atoms with van der Waals surface area (Å²) in [4.78, 5) is 12.3. The van der Waals surface area contributed by atoms with Crippen molar-refractivity contribution < 1.29 is 0 Å². The van der Waals surface area contributed by atoms with Crippen molar-refractivity contribution in [3.8, 4) is 0 Å². The third-order valence-corrected chi connectivity index (χ3v) is 4.83. The summed E-state index contributed by atoms with van der Waals surface area (Å²) in [5.74, 6) is 0. The predicted octanol–water partition coefficient (Wildman–Crippen LogP) is 2.45. The lowest BCUT2D eigenvalue weighted by atomic mass is 9.83. The van der Waals surface area contributed by atoms with Gasteiger partial charge in [0.2, 0.25) is 0 Å². The van der Waals surface area contributed by atoms with Crippen LogP contribution in [0, 0.1) is 5.41 Å². The van der Waals surface area contributed by atoms with Crippen LogP contribution in [0.15, 0.2) is 29.1 Å². The van der Waals surface area contributed by atoms with Crippen LogP contribution in [-0.2, 0) is 6.54 Å². The lowest BCUT2D eigenvalue weighted by molar-refractivity contribution is 0.206. The summed E-state index contributed by atoms with van der Waals surface area (Å²) in [7, 11) is 0. The number of fused-ring (bicyclic) bond motifs is 1. The number of benzene rings is 1. The normalized spacial score (nSPS) is 24.5. The van der Waals surface area contributed by atoms with E-state index in [2.05, 4.69) is 12.2 Å². The van der Waals surface area contributed by atoms with E-state index in [1.54, 1.807) is 11.5 Å².